The average Bonchev–Trinajstić information content (AvgIpc) is 2.96. The molecule has 0 radical (unpaired) electrons. The van der Waals surface area contributed by atoms with Crippen LogP contribution in [-0.2, 0) is 0 Å². The molecule has 0 atom stereocenters. The Kier molecular flexibility index (Phi) is 4.20. The normalized spacial score (nSPS) is 21.5. The number of benzene rings is 1. The molecular formula is C16H20N4O2. The van der Waals surface area contributed by atoms with Crippen molar-refractivity contribution in [3.05, 3.63) is 35.7 Å². The van der Waals surface area contributed by atoms with Crippen LogP contribution < -0.4 is 11.1 Å². The van der Waals surface area contributed by atoms with Crippen LogP contribution in [0.4, 0.5) is 0 Å². The van der Waals surface area contributed by atoms with E-state index in [0.717, 1.165) is 31.2 Å². The Balaban J connectivity index is 1.63. The van der Waals surface area contributed by atoms with E-state index in [2.05, 4.69) is 15.5 Å². The molecule has 0 spiro atoms. The molecule has 1 fully saturated rings. The average molecular weight is 300 g/mol. The first-order valence-corrected chi connectivity index (χ1v) is 7.59. The molecule has 1 heterocycles. The Morgan fingerprint density at radius 2 is 1.91 bits per heavy atom. The molecule has 22 heavy (non-hydrogen) atoms. The van der Waals surface area contributed by atoms with Crippen LogP contribution in [0.1, 0.15) is 41.9 Å². The molecule has 1 aromatic heterocycles. The van der Waals surface area contributed by atoms with Gasteiger partial charge in [-0.2, -0.15) is 4.98 Å². The van der Waals surface area contributed by atoms with Crippen LogP contribution in [0, 0.1) is 6.92 Å². The number of nitrogens with zero attached hydrogens (tertiary/aromatic N) is 2. The summed E-state index contributed by atoms with van der Waals surface area (Å²) in [6.07, 6.45) is 3.85. The Hall–Kier alpha value is -2.21. The lowest BCUT2D eigenvalue weighted by atomic mass is 9.91. The lowest BCUT2D eigenvalue weighted by Crippen LogP contribution is -2.40. The van der Waals surface area contributed by atoms with Crippen molar-refractivity contribution in [3.63, 3.8) is 0 Å². The van der Waals surface area contributed by atoms with Gasteiger partial charge in [0, 0.05) is 30.1 Å². The first-order valence-electron chi connectivity index (χ1n) is 7.59. The van der Waals surface area contributed by atoms with Crippen LogP contribution in [0.15, 0.2) is 28.8 Å². The predicted molar refractivity (Wildman–Crippen MR) is 82.2 cm³/mol. The van der Waals surface area contributed by atoms with Crippen LogP contribution >= 0.6 is 0 Å². The summed E-state index contributed by atoms with van der Waals surface area (Å²) in [6, 6.07) is 7.74. The number of carbonyl (C=O) groups is 1. The van der Waals surface area contributed by atoms with Gasteiger partial charge in [0.15, 0.2) is 0 Å². The second-order valence-electron chi connectivity index (χ2n) is 5.80. The van der Waals surface area contributed by atoms with Crippen molar-refractivity contribution in [1.29, 1.82) is 0 Å². The molecule has 2 aromatic rings. The smallest absolute Gasteiger partial charge is 0.251 e. The SMILES string of the molecule is Cc1nc(-c2ccc(C(=O)NC3CCC(N)CC3)cc2)no1. The maximum atomic E-state index is 12.3. The summed E-state index contributed by atoms with van der Waals surface area (Å²) in [5.74, 6) is 1.01. The Morgan fingerprint density at radius 3 is 2.50 bits per heavy atom. The summed E-state index contributed by atoms with van der Waals surface area (Å²) >= 11 is 0. The van der Waals surface area contributed by atoms with Gasteiger partial charge in [0.2, 0.25) is 11.7 Å². The largest absolute Gasteiger partial charge is 0.349 e. The minimum atomic E-state index is -0.0451. The highest BCUT2D eigenvalue weighted by Crippen LogP contribution is 2.19. The summed E-state index contributed by atoms with van der Waals surface area (Å²) in [7, 11) is 0. The van der Waals surface area contributed by atoms with Crippen molar-refractivity contribution in [2.45, 2.75) is 44.7 Å². The third-order valence-corrected chi connectivity index (χ3v) is 4.04. The van der Waals surface area contributed by atoms with E-state index < -0.39 is 0 Å². The summed E-state index contributed by atoms with van der Waals surface area (Å²) in [5, 5.41) is 6.94. The zero-order chi connectivity index (χ0) is 15.5. The van der Waals surface area contributed by atoms with Crippen LogP contribution in [0.3, 0.4) is 0 Å². The van der Waals surface area contributed by atoms with Crippen LogP contribution in [0.5, 0.6) is 0 Å². The molecule has 6 nitrogen and oxygen atoms in total. The summed E-state index contributed by atoms with van der Waals surface area (Å²) in [4.78, 5) is 16.4. The van der Waals surface area contributed by atoms with Gasteiger partial charge >= 0.3 is 0 Å². The molecule has 3 rings (SSSR count). The van der Waals surface area contributed by atoms with E-state index in [9.17, 15) is 4.79 Å². The number of hydrogen-bond acceptors (Lipinski definition) is 5. The number of aryl methyl sites for hydroxylation is 1. The molecule has 0 aliphatic heterocycles. The molecule has 1 amide bonds. The second kappa shape index (κ2) is 6.27. The van der Waals surface area contributed by atoms with Crippen molar-refractivity contribution in [1.82, 2.24) is 15.5 Å². The van der Waals surface area contributed by atoms with Crippen molar-refractivity contribution < 1.29 is 9.32 Å². The van der Waals surface area contributed by atoms with Gasteiger partial charge in [0.25, 0.3) is 5.91 Å². The maximum Gasteiger partial charge on any atom is 0.251 e. The molecule has 0 saturated heterocycles. The fourth-order valence-corrected chi connectivity index (χ4v) is 2.72. The van der Waals surface area contributed by atoms with Crippen LogP contribution in [-0.4, -0.2) is 28.1 Å². The third-order valence-electron chi connectivity index (χ3n) is 4.04. The number of nitrogens with two attached hydrogens (primary N) is 1. The molecule has 1 aliphatic carbocycles. The molecule has 1 aliphatic rings. The number of amides is 1. The molecule has 1 aromatic carbocycles. The topological polar surface area (TPSA) is 94.0 Å². The molecule has 0 unspecified atom stereocenters. The van der Waals surface area contributed by atoms with Gasteiger partial charge in [-0.15, -0.1) is 0 Å². The van der Waals surface area contributed by atoms with Gasteiger partial charge in [0.05, 0.1) is 0 Å². The molecule has 116 valence electrons. The Bertz CT molecular complexity index is 642. The number of hydrogen-bond donors (Lipinski definition) is 2. The van der Waals surface area contributed by atoms with Gasteiger partial charge in [0.1, 0.15) is 0 Å². The number of nitrogens with one attached hydrogen (secondary N) is 1. The van der Waals surface area contributed by atoms with E-state index in [1.807, 2.05) is 12.1 Å². The van der Waals surface area contributed by atoms with Crippen molar-refractivity contribution in [2.75, 3.05) is 0 Å². The number of rotatable bonds is 3. The third kappa shape index (κ3) is 3.33. The highest BCUT2D eigenvalue weighted by atomic mass is 16.5. The maximum absolute atomic E-state index is 12.3. The van der Waals surface area contributed by atoms with Gasteiger partial charge < -0.3 is 15.6 Å². The van der Waals surface area contributed by atoms with Gasteiger partial charge in [-0.05, 0) is 37.8 Å². The van der Waals surface area contributed by atoms with Gasteiger partial charge in [-0.3, -0.25) is 4.79 Å². The minimum absolute atomic E-state index is 0.0451. The first-order chi connectivity index (χ1) is 10.6. The number of carbonyl (C=O) groups excluding carboxylic acids is 1. The van der Waals surface area contributed by atoms with Gasteiger partial charge in [-0.1, -0.05) is 17.3 Å². The first kappa shape index (κ1) is 14.7. The highest BCUT2D eigenvalue weighted by molar-refractivity contribution is 5.94. The van der Waals surface area contributed by atoms with E-state index in [0.29, 0.717) is 17.3 Å². The fourth-order valence-electron chi connectivity index (χ4n) is 2.72. The van der Waals surface area contributed by atoms with Crippen molar-refractivity contribution in [3.8, 4) is 11.4 Å². The monoisotopic (exact) mass is 300 g/mol. The summed E-state index contributed by atoms with van der Waals surface area (Å²) < 4.78 is 4.96. The zero-order valence-corrected chi connectivity index (χ0v) is 12.6. The summed E-state index contributed by atoms with van der Waals surface area (Å²) in [5.41, 5.74) is 7.35. The molecule has 6 heteroatoms. The van der Waals surface area contributed by atoms with Gasteiger partial charge in [-0.25, -0.2) is 0 Å². The van der Waals surface area contributed by atoms with Crippen molar-refractivity contribution >= 4 is 5.91 Å². The standard InChI is InChI=1S/C16H20N4O2/c1-10-18-15(20-22-10)11-2-4-12(5-3-11)16(21)19-14-8-6-13(17)7-9-14/h2-5,13-14H,6-9,17H2,1H3,(H,19,21). The van der Waals surface area contributed by atoms with Crippen LogP contribution in [0.25, 0.3) is 11.4 Å². The van der Waals surface area contributed by atoms with Crippen LogP contribution in [0.2, 0.25) is 0 Å². The Morgan fingerprint density at radius 1 is 1.23 bits per heavy atom. The highest BCUT2D eigenvalue weighted by Gasteiger charge is 2.20. The fraction of sp³-hybridized carbons (Fsp3) is 0.438. The zero-order valence-electron chi connectivity index (χ0n) is 12.6. The molecule has 3 N–H and O–H groups in total. The number of aromatic nitrogens is 2. The Labute approximate surface area is 129 Å². The predicted octanol–water partition coefficient (Wildman–Crippen LogP) is 2.04. The van der Waals surface area contributed by atoms with E-state index in [4.69, 9.17) is 10.3 Å². The van der Waals surface area contributed by atoms with E-state index in [-0.39, 0.29) is 18.0 Å². The van der Waals surface area contributed by atoms with E-state index >= 15 is 0 Å². The quantitative estimate of drug-likeness (QED) is 0.904. The lowest BCUT2D eigenvalue weighted by molar-refractivity contribution is 0.0926. The van der Waals surface area contributed by atoms with E-state index in [1.165, 1.54) is 0 Å². The van der Waals surface area contributed by atoms with E-state index in [1.54, 1.807) is 19.1 Å². The summed E-state index contributed by atoms with van der Waals surface area (Å²) in [6.45, 7) is 1.74. The second-order valence-corrected chi connectivity index (χ2v) is 5.80. The molecule has 1 saturated carbocycles. The van der Waals surface area contributed by atoms with Crippen molar-refractivity contribution in [2.24, 2.45) is 5.73 Å². The minimum Gasteiger partial charge on any atom is -0.349 e. The lowest BCUT2D eigenvalue weighted by Gasteiger charge is -2.26. The molecular weight excluding hydrogens is 280 g/mol. The molecule has 0 bridgehead atoms.